The van der Waals surface area contributed by atoms with E-state index >= 15 is 0 Å². The number of ether oxygens (including phenoxy) is 2. The number of aliphatic hydroxyl groups is 1. The number of fused-ring (bicyclic) bond motifs is 6. The Balaban J connectivity index is 1.09. The van der Waals surface area contributed by atoms with E-state index in [0.717, 1.165) is 94.0 Å². The molecule has 3 N–H and O–H groups in total. The number of nitrogens with one attached hydrogen (secondary N) is 2. The van der Waals surface area contributed by atoms with Gasteiger partial charge in [0.25, 0.3) is 0 Å². The number of aromatic nitrogens is 1. The van der Waals surface area contributed by atoms with E-state index < -0.39 is 0 Å². The Morgan fingerprint density at radius 1 is 1.02 bits per heavy atom. The third-order valence-electron chi connectivity index (χ3n) is 13.4. The molecule has 264 valence electrons. The highest BCUT2D eigenvalue weighted by Gasteiger charge is 2.67. The molecule has 1 heterocycles. The fourth-order valence-electron chi connectivity index (χ4n) is 11.2. The molecule has 4 saturated carbocycles. The summed E-state index contributed by atoms with van der Waals surface area (Å²) < 4.78 is 12.5. The largest absolute Gasteiger partial charge is 0.462 e. The van der Waals surface area contributed by atoms with Crippen molar-refractivity contribution in [2.24, 2.45) is 46.3 Å². The smallest absolute Gasteiger partial charge is 0.302 e. The number of carbonyl (C=O) groups excluding carboxylic acids is 2. The second-order valence-electron chi connectivity index (χ2n) is 16.0. The van der Waals surface area contributed by atoms with E-state index in [0.29, 0.717) is 34.6 Å². The number of anilines is 1. The molecular formula is C39H56ClN3O5. The number of nitrogens with zero attached hydrogens (tertiary/aromatic N) is 1. The number of pyridine rings is 1. The van der Waals surface area contributed by atoms with Crippen molar-refractivity contribution >= 4 is 40.1 Å². The van der Waals surface area contributed by atoms with Crippen molar-refractivity contribution in [1.29, 1.82) is 0 Å². The van der Waals surface area contributed by atoms with Crippen LogP contribution in [0.25, 0.3) is 10.9 Å². The van der Waals surface area contributed by atoms with Crippen molar-refractivity contribution in [2.75, 3.05) is 25.0 Å². The summed E-state index contributed by atoms with van der Waals surface area (Å²) in [7, 11) is 0. The van der Waals surface area contributed by atoms with Crippen LogP contribution in [-0.2, 0) is 19.1 Å². The lowest BCUT2D eigenvalue weighted by Gasteiger charge is -2.64. The molecule has 0 saturated heterocycles. The molecule has 11 atom stereocenters. The Morgan fingerprint density at radius 2 is 1.81 bits per heavy atom. The molecule has 4 unspecified atom stereocenters. The fraction of sp³-hybridized carbons (Fsp3) is 0.718. The highest BCUT2D eigenvalue weighted by atomic mass is 35.5. The maximum Gasteiger partial charge on any atom is 0.302 e. The molecule has 0 radical (unpaired) electrons. The minimum Gasteiger partial charge on any atom is -0.462 e. The Morgan fingerprint density at radius 3 is 2.58 bits per heavy atom. The van der Waals surface area contributed by atoms with Gasteiger partial charge in [0, 0.05) is 60.6 Å². The summed E-state index contributed by atoms with van der Waals surface area (Å²) in [5.41, 5.74) is 1.83. The number of hydrogen-bond acceptors (Lipinski definition) is 8. The number of aliphatic hydroxyl groups excluding tert-OH is 1. The molecule has 4 aliphatic rings. The van der Waals surface area contributed by atoms with Crippen molar-refractivity contribution in [3.8, 4) is 0 Å². The molecule has 1 aromatic heterocycles. The van der Waals surface area contributed by atoms with Gasteiger partial charge >= 0.3 is 11.9 Å². The van der Waals surface area contributed by atoms with Gasteiger partial charge in [-0.2, -0.15) is 0 Å². The first-order chi connectivity index (χ1) is 22.9. The molecule has 0 aliphatic heterocycles. The van der Waals surface area contributed by atoms with Gasteiger partial charge in [0.15, 0.2) is 0 Å². The highest BCUT2D eigenvalue weighted by Crippen LogP contribution is 2.69. The van der Waals surface area contributed by atoms with Gasteiger partial charge < -0.3 is 25.2 Å². The van der Waals surface area contributed by atoms with Gasteiger partial charge in [-0.1, -0.05) is 32.4 Å². The van der Waals surface area contributed by atoms with E-state index in [4.69, 9.17) is 21.1 Å². The van der Waals surface area contributed by atoms with Gasteiger partial charge in [0.2, 0.25) is 0 Å². The van der Waals surface area contributed by atoms with Gasteiger partial charge in [-0.15, -0.1) is 0 Å². The molecule has 2 aromatic rings. The predicted octanol–water partition coefficient (Wildman–Crippen LogP) is 7.41. The second-order valence-corrected chi connectivity index (χ2v) is 16.4. The minimum atomic E-state index is -0.292. The Labute approximate surface area is 291 Å². The van der Waals surface area contributed by atoms with E-state index in [1.165, 1.54) is 6.92 Å². The number of carbonyl (C=O) groups is 2. The Bertz CT molecular complexity index is 1470. The lowest BCUT2D eigenvalue weighted by Crippen LogP contribution is -2.63. The minimum absolute atomic E-state index is 0.0444. The van der Waals surface area contributed by atoms with Crippen molar-refractivity contribution in [2.45, 2.75) is 111 Å². The molecule has 1 aromatic carbocycles. The summed E-state index contributed by atoms with van der Waals surface area (Å²) in [4.78, 5) is 29.5. The topological polar surface area (TPSA) is 110 Å². The summed E-state index contributed by atoms with van der Waals surface area (Å²) in [5.74, 6) is 1.67. The van der Waals surface area contributed by atoms with Crippen LogP contribution in [0, 0.1) is 46.3 Å². The average molecular weight is 682 g/mol. The first-order valence-electron chi connectivity index (χ1n) is 18.4. The standard InChI is InChI=1S/C39H56ClN3O5/c1-23(7-6-15-41-17-18-43-33-13-16-42-34-21-27(40)8-9-29(33)34)30-10-11-31-37-32(22-36(39(30,31)5)48-25(3)45)38(4)14-12-28(46)19-26(38)20-35(37)47-24(2)44/h8-9,13,16,21,23,26,28,30-32,35-37,41,46H,6-7,10-12,14-15,17-20,22H2,1-5H3,(H,42,43)/t23?,26-,28+,30+,31?,32?,35+,36-,37?,38-,39+/m0/s1. The number of rotatable bonds is 11. The number of esters is 2. The van der Waals surface area contributed by atoms with Gasteiger partial charge in [-0.25, -0.2) is 0 Å². The molecule has 48 heavy (non-hydrogen) atoms. The van der Waals surface area contributed by atoms with Gasteiger partial charge in [0.05, 0.1) is 11.6 Å². The molecule has 0 bridgehead atoms. The van der Waals surface area contributed by atoms with E-state index in [9.17, 15) is 14.7 Å². The quantitative estimate of drug-likeness (QED) is 0.166. The summed E-state index contributed by atoms with van der Waals surface area (Å²) in [6, 6.07) is 7.80. The fourth-order valence-corrected chi connectivity index (χ4v) is 11.4. The molecular weight excluding hydrogens is 626 g/mol. The van der Waals surface area contributed by atoms with Crippen LogP contribution in [0.2, 0.25) is 5.02 Å². The zero-order valence-corrected chi connectivity index (χ0v) is 30.2. The van der Waals surface area contributed by atoms with Crippen LogP contribution in [0.1, 0.15) is 92.4 Å². The van der Waals surface area contributed by atoms with E-state index in [2.05, 4.69) is 36.4 Å². The highest BCUT2D eigenvalue weighted by molar-refractivity contribution is 6.31. The molecule has 4 fully saturated rings. The predicted molar refractivity (Wildman–Crippen MR) is 190 cm³/mol. The molecule has 0 spiro atoms. The maximum atomic E-state index is 12.6. The molecule has 9 heteroatoms. The zero-order valence-electron chi connectivity index (χ0n) is 29.5. The average Bonchev–Trinajstić information content (AvgIpc) is 3.39. The first kappa shape index (κ1) is 35.4. The van der Waals surface area contributed by atoms with Crippen LogP contribution in [-0.4, -0.2) is 60.0 Å². The Hall–Kier alpha value is -2.42. The van der Waals surface area contributed by atoms with E-state index in [1.807, 2.05) is 30.5 Å². The van der Waals surface area contributed by atoms with Crippen molar-refractivity contribution < 1.29 is 24.2 Å². The van der Waals surface area contributed by atoms with Crippen molar-refractivity contribution in [3.63, 3.8) is 0 Å². The zero-order chi connectivity index (χ0) is 34.2. The third-order valence-corrected chi connectivity index (χ3v) is 13.7. The monoisotopic (exact) mass is 681 g/mol. The van der Waals surface area contributed by atoms with Crippen LogP contribution in [0.5, 0.6) is 0 Å². The lowest BCUT2D eigenvalue weighted by molar-refractivity contribution is -0.223. The van der Waals surface area contributed by atoms with E-state index in [1.54, 1.807) is 6.92 Å². The first-order valence-corrected chi connectivity index (χ1v) is 18.8. The number of halogens is 1. The van der Waals surface area contributed by atoms with Crippen molar-refractivity contribution in [3.05, 3.63) is 35.5 Å². The Kier molecular flexibility index (Phi) is 10.6. The molecule has 8 nitrogen and oxygen atoms in total. The maximum absolute atomic E-state index is 12.6. The second kappa shape index (κ2) is 14.4. The van der Waals surface area contributed by atoms with E-state index in [-0.39, 0.29) is 47.0 Å². The van der Waals surface area contributed by atoms with Crippen LogP contribution >= 0.6 is 11.6 Å². The number of hydrogen-bond donors (Lipinski definition) is 3. The molecule has 0 amide bonds. The lowest BCUT2D eigenvalue weighted by atomic mass is 9.43. The third kappa shape index (κ3) is 6.83. The number of benzene rings is 1. The SMILES string of the molecule is CC(=O)O[C@H]1CC2C(C3CC[C@H](C(C)CCCNCCNc4ccnc5cc(Cl)ccc45)[C@]31C)[C@H](OC(C)=O)C[C@@H]1C[C@H](O)CC[C@]21C. The van der Waals surface area contributed by atoms with Crippen molar-refractivity contribution in [1.82, 2.24) is 10.3 Å². The summed E-state index contributed by atoms with van der Waals surface area (Å²) in [5, 5.41) is 19.5. The van der Waals surface area contributed by atoms with Gasteiger partial charge in [-0.05, 0) is 124 Å². The summed E-state index contributed by atoms with van der Waals surface area (Å²) in [6.07, 6.45) is 9.78. The van der Waals surface area contributed by atoms with Gasteiger partial charge in [0.1, 0.15) is 12.2 Å². The normalized spacial score (nSPS) is 36.4. The molecule has 4 aliphatic carbocycles. The summed E-state index contributed by atoms with van der Waals surface area (Å²) >= 11 is 6.15. The summed E-state index contributed by atoms with van der Waals surface area (Å²) in [6.45, 7) is 12.9. The van der Waals surface area contributed by atoms with Crippen LogP contribution in [0.15, 0.2) is 30.5 Å². The van der Waals surface area contributed by atoms with Gasteiger partial charge in [-0.3, -0.25) is 14.6 Å². The van der Waals surface area contributed by atoms with Crippen LogP contribution < -0.4 is 10.6 Å². The van der Waals surface area contributed by atoms with Crippen LogP contribution in [0.4, 0.5) is 5.69 Å². The van der Waals surface area contributed by atoms with Crippen LogP contribution in [0.3, 0.4) is 0 Å². The molecule has 6 rings (SSSR count).